The van der Waals surface area contributed by atoms with Crippen LogP contribution in [0.15, 0.2) is 41.8 Å². The monoisotopic (exact) mass is 407 g/mol. The second kappa shape index (κ2) is 6.89. The molecular weight excluding hydrogens is 390 g/mol. The molecule has 146 valence electrons. The first-order valence-corrected chi connectivity index (χ1v) is 10.0. The highest BCUT2D eigenvalue weighted by atomic mass is 32.1. The van der Waals surface area contributed by atoms with E-state index in [1.54, 1.807) is 23.3 Å². The Labute approximate surface area is 170 Å². The van der Waals surface area contributed by atoms with Gasteiger partial charge in [0.2, 0.25) is 6.79 Å². The molecule has 1 N–H and O–H groups in total. The van der Waals surface area contributed by atoms with Crippen molar-refractivity contribution < 1.29 is 19.1 Å². The molecule has 0 fully saturated rings. The van der Waals surface area contributed by atoms with Gasteiger partial charge in [0.25, 0.3) is 5.91 Å². The van der Waals surface area contributed by atoms with Crippen LogP contribution in [0.1, 0.15) is 33.3 Å². The van der Waals surface area contributed by atoms with Crippen LogP contribution in [0.2, 0.25) is 0 Å². The summed E-state index contributed by atoms with van der Waals surface area (Å²) in [6, 6.07) is 11.0. The maximum atomic E-state index is 13.0. The van der Waals surface area contributed by atoms with Gasteiger partial charge >= 0.3 is 0 Å². The first kappa shape index (κ1) is 17.7. The number of carbonyl (C=O) groups is 2. The lowest BCUT2D eigenvalue weighted by Gasteiger charge is -2.16. The van der Waals surface area contributed by atoms with Crippen molar-refractivity contribution in [3.8, 4) is 11.5 Å². The lowest BCUT2D eigenvalue weighted by molar-refractivity contribution is 0.0983. The SMILES string of the molecule is CC(=O)c1ccc2c(c1)CCN2C(=O)c1csc(Nc2ccc3c(c2)OCO3)n1. The van der Waals surface area contributed by atoms with Crippen LogP contribution in [0.4, 0.5) is 16.5 Å². The summed E-state index contributed by atoms with van der Waals surface area (Å²) in [6.07, 6.45) is 0.731. The Morgan fingerprint density at radius 2 is 2.00 bits per heavy atom. The number of fused-ring (bicyclic) bond motifs is 2. The largest absolute Gasteiger partial charge is 0.454 e. The van der Waals surface area contributed by atoms with E-state index in [-0.39, 0.29) is 18.5 Å². The fourth-order valence-electron chi connectivity index (χ4n) is 3.50. The van der Waals surface area contributed by atoms with E-state index in [1.165, 1.54) is 11.3 Å². The number of nitrogens with zero attached hydrogens (tertiary/aromatic N) is 2. The van der Waals surface area contributed by atoms with E-state index in [4.69, 9.17) is 9.47 Å². The van der Waals surface area contributed by atoms with Gasteiger partial charge in [0, 0.05) is 34.9 Å². The average molecular weight is 407 g/mol. The predicted octanol–water partition coefficient (Wildman–Crippen LogP) is 4.02. The molecule has 0 radical (unpaired) electrons. The standard InChI is InChI=1S/C21H17N3O4S/c1-12(25)13-2-4-17-14(8-13)6-7-24(17)20(26)16-10-29-21(23-16)22-15-3-5-18-19(9-15)28-11-27-18/h2-5,8-10H,6-7,11H2,1H3,(H,22,23). The topological polar surface area (TPSA) is 80.8 Å². The molecule has 0 saturated carbocycles. The van der Waals surface area contributed by atoms with Crippen molar-refractivity contribution in [2.24, 2.45) is 0 Å². The number of Topliss-reactive ketones (excluding diaryl/α,β-unsaturated/α-hetero) is 1. The first-order chi connectivity index (χ1) is 14.1. The summed E-state index contributed by atoms with van der Waals surface area (Å²) in [4.78, 5) is 30.7. The molecule has 8 heteroatoms. The second-order valence-corrected chi connectivity index (χ2v) is 7.70. The van der Waals surface area contributed by atoms with Crippen molar-refractivity contribution in [2.75, 3.05) is 23.6 Å². The zero-order chi connectivity index (χ0) is 20.0. The van der Waals surface area contributed by atoms with E-state index in [1.807, 2.05) is 30.3 Å². The molecule has 29 heavy (non-hydrogen) atoms. The van der Waals surface area contributed by atoms with Gasteiger partial charge in [0.15, 0.2) is 22.4 Å². The van der Waals surface area contributed by atoms with Crippen LogP contribution in [0.5, 0.6) is 11.5 Å². The third kappa shape index (κ3) is 3.21. The summed E-state index contributed by atoms with van der Waals surface area (Å²) >= 11 is 1.37. The lowest BCUT2D eigenvalue weighted by Crippen LogP contribution is -2.29. The van der Waals surface area contributed by atoms with Gasteiger partial charge in [-0.2, -0.15) is 0 Å². The van der Waals surface area contributed by atoms with Crippen LogP contribution < -0.4 is 19.7 Å². The maximum Gasteiger partial charge on any atom is 0.277 e. The highest BCUT2D eigenvalue weighted by Gasteiger charge is 2.27. The molecule has 2 aromatic carbocycles. The number of rotatable bonds is 4. The number of anilines is 3. The van der Waals surface area contributed by atoms with E-state index < -0.39 is 0 Å². The van der Waals surface area contributed by atoms with Crippen LogP contribution in [-0.4, -0.2) is 30.0 Å². The zero-order valence-electron chi connectivity index (χ0n) is 15.6. The highest BCUT2D eigenvalue weighted by Crippen LogP contribution is 2.36. The molecule has 0 aliphatic carbocycles. The number of aromatic nitrogens is 1. The molecule has 0 saturated heterocycles. The molecule has 2 aliphatic rings. The quantitative estimate of drug-likeness (QED) is 0.658. The minimum atomic E-state index is -0.144. The number of hydrogen-bond acceptors (Lipinski definition) is 7. The normalized spacial score (nSPS) is 14.0. The number of carbonyl (C=O) groups excluding carboxylic acids is 2. The number of nitrogens with one attached hydrogen (secondary N) is 1. The fraction of sp³-hybridized carbons (Fsp3) is 0.190. The van der Waals surface area contributed by atoms with Crippen LogP contribution in [0, 0.1) is 0 Å². The van der Waals surface area contributed by atoms with Gasteiger partial charge in [0.05, 0.1) is 0 Å². The van der Waals surface area contributed by atoms with Gasteiger partial charge < -0.3 is 19.7 Å². The summed E-state index contributed by atoms with van der Waals surface area (Å²) in [7, 11) is 0. The highest BCUT2D eigenvalue weighted by molar-refractivity contribution is 7.14. The Morgan fingerprint density at radius 1 is 1.14 bits per heavy atom. The number of ketones is 1. The Bertz CT molecular complexity index is 1140. The molecule has 1 aromatic heterocycles. The van der Waals surface area contributed by atoms with Gasteiger partial charge in [-0.3, -0.25) is 9.59 Å². The Balaban J connectivity index is 1.34. The molecule has 0 atom stereocenters. The number of thiazole rings is 1. The van der Waals surface area contributed by atoms with Crippen LogP contribution in [0.25, 0.3) is 0 Å². The van der Waals surface area contributed by atoms with Crippen LogP contribution >= 0.6 is 11.3 Å². The number of ether oxygens (including phenoxy) is 2. The fourth-order valence-corrected chi connectivity index (χ4v) is 4.20. The minimum Gasteiger partial charge on any atom is -0.454 e. The summed E-state index contributed by atoms with van der Waals surface area (Å²) in [6.45, 7) is 2.35. The third-order valence-corrected chi connectivity index (χ3v) is 5.73. The van der Waals surface area contributed by atoms with Crippen molar-refractivity contribution in [2.45, 2.75) is 13.3 Å². The third-order valence-electron chi connectivity index (χ3n) is 4.97. The molecule has 3 aromatic rings. The van der Waals surface area contributed by atoms with Gasteiger partial charge in [-0.1, -0.05) is 0 Å². The molecular formula is C21H17N3O4S. The van der Waals surface area contributed by atoms with Gasteiger partial charge in [-0.15, -0.1) is 11.3 Å². The van der Waals surface area contributed by atoms with Crippen LogP contribution in [0.3, 0.4) is 0 Å². The minimum absolute atomic E-state index is 0.0244. The van der Waals surface area contributed by atoms with Crippen molar-refractivity contribution >= 4 is 39.5 Å². The molecule has 1 amide bonds. The predicted molar refractivity (Wildman–Crippen MR) is 110 cm³/mol. The van der Waals surface area contributed by atoms with E-state index in [0.29, 0.717) is 34.4 Å². The van der Waals surface area contributed by atoms with E-state index >= 15 is 0 Å². The molecule has 7 nitrogen and oxygen atoms in total. The molecule has 3 heterocycles. The molecule has 0 bridgehead atoms. The smallest absolute Gasteiger partial charge is 0.277 e. The maximum absolute atomic E-state index is 13.0. The second-order valence-electron chi connectivity index (χ2n) is 6.84. The van der Waals surface area contributed by atoms with Crippen molar-refractivity contribution in [1.29, 1.82) is 0 Å². The molecule has 2 aliphatic heterocycles. The summed E-state index contributed by atoms with van der Waals surface area (Å²) in [5, 5.41) is 5.58. The van der Waals surface area contributed by atoms with E-state index in [9.17, 15) is 9.59 Å². The van der Waals surface area contributed by atoms with Crippen molar-refractivity contribution in [1.82, 2.24) is 4.98 Å². The number of benzene rings is 2. The Kier molecular flexibility index (Phi) is 4.21. The van der Waals surface area contributed by atoms with Gasteiger partial charge in [-0.05, 0) is 49.2 Å². The van der Waals surface area contributed by atoms with Gasteiger partial charge in [0.1, 0.15) is 5.69 Å². The summed E-state index contributed by atoms with van der Waals surface area (Å²) in [5.74, 6) is 1.28. The Hall–Kier alpha value is -3.39. The van der Waals surface area contributed by atoms with E-state index in [2.05, 4.69) is 10.3 Å². The summed E-state index contributed by atoms with van der Waals surface area (Å²) < 4.78 is 10.7. The van der Waals surface area contributed by atoms with E-state index in [0.717, 1.165) is 23.4 Å². The summed E-state index contributed by atoms with van der Waals surface area (Å²) in [5.41, 5.74) is 3.73. The zero-order valence-corrected chi connectivity index (χ0v) is 16.4. The molecule has 0 spiro atoms. The lowest BCUT2D eigenvalue weighted by atomic mass is 10.1. The Morgan fingerprint density at radius 3 is 2.86 bits per heavy atom. The van der Waals surface area contributed by atoms with Crippen molar-refractivity contribution in [3.63, 3.8) is 0 Å². The number of hydrogen-bond donors (Lipinski definition) is 1. The average Bonchev–Trinajstić information content (AvgIpc) is 3.46. The van der Waals surface area contributed by atoms with Crippen molar-refractivity contribution in [3.05, 3.63) is 58.6 Å². The van der Waals surface area contributed by atoms with Crippen LogP contribution in [-0.2, 0) is 6.42 Å². The first-order valence-electron chi connectivity index (χ1n) is 9.16. The molecule has 5 rings (SSSR count). The molecule has 0 unspecified atom stereocenters. The number of amides is 1. The van der Waals surface area contributed by atoms with Gasteiger partial charge in [-0.25, -0.2) is 4.98 Å².